The summed E-state index contributed by atoms with van der Waals surface area (Å²) >= 11 is 0. The summed E-state index contributed by atoms with van der Waals surface area (Å²) in [6, 6.07) is -0.280. The van der Waals surface area contributed by atoms with Crippen molar-refractivity contribution in [2.24, 2.45) is 23.7 Å². The molecule has 6 nitrogen and oxygen atoms in total. The van der Waals surface area contributed by atoms with E-state index in [2.05, 4.69) is 5.32 Å². The Morgan fingerprint density at radius 2 is 1.77 bits per heavy atom. The number of rotatable bonds is 5. The van der Waals surface area contributed by atoms with Gasteiger partial charge in [-0.2, -0.15) is 0 Å². The maximum atomic E-state index is 13.8. The van der Waals surface area contributed by atoms with Crippen LogP contribution in [0.25, 0.3) is 0 Å². The molecular weight excluding hydrogens is 390 g/mol. The van der Waals surface area contributed by atoms with Gasteiger partial charge in [-0.05, 0) is 82.1 Å². The average molecular weight is 430 g/mol. The number of fused-ring (bicyclic) bond motifs is 2. The normalized spacial score (nSPS) is 41.4. The standard InChI is InChI=1S/C25H39N3O3/c1-24(20-15-17-10-11-18(20)14-17)22(30)28(23(31)27(24)2)16-21(29)25(12-7-13-26-25)19-8-5-3-4-6-9-19/h17-20,26H,3-16H2,1-2H3. The molecule has 2 aliphatic heterocycles. The van der Waals surface area contributed by atoms with Crippen LogP contribution in [-0.4, -0.2) is 58.7 Å². The molecule has 0 aromatic heterocycles. The van der Waals surface area contributed by atoms with Gasteiger partial charge in [-0.1, -0.05) is 32.1 Å². The van der Waals surface area contributed by atoms with Crippen molar-refractivity contribution in [2.75, 3.05) is 20.1 Å². The number of nitrogens with zero attached hydrogens (tertiary/aromatic N) is 2. The first kappa shape index (κ1) is 21.4. The Hall–Kier alpha value is -1.43. The Morgan fingerprint density at radius 3 is 2.35 bits per heavy atom. The van der Waals surface area contributed by atoms with Crippen molar-refractivity contribution in [3.8, 4) is 0 Å². The Balaban J connectivity index is 1.37. The van der Waals surface area contributed by atoms with E-state index in [4.69, 9.17) is 0 Å². The van der Waals surface area contributed by atoms with E-state index in [0.717, 1.165) is 38.6 Å². The van der Waals surface area contributed by atoms with E-state index >= 15 is 0 Å². The van der Waals surface area contributed by atoms with Crippen LogP contribution in [-0.2, 0) is 9.59 Å². The maximum Gasteiger partial charge on any atom is 0.327 e. The van der Waals surface area contributed by atoms with Crippen LogP contribution in [0.2, 0.25) is 0 Å². The SMILES string of the molecule is CN1C(=O)N(CC(=O)C2(C3CCCCCC3)CCCN2)C(=O)C1(C)C1CC2CCC1C2. The van der Waals surface area contributed by atoms with Crippen LogP contribution in [0.1, 0.15) is 84.0 Å². The molecule has 3 amide bonds. The minimum absolute atomic E-state index is 0.0594. The highest BCUT2D eigenvalue weighted by molar-refractivity contribution is 6.10. The van der Waals surface area contributed by atoms with Crippen molar-refractivity contribution in [2.45, 2.75) is 95.1 Å². The van der Waals surface area contributed by atoms with Crippen LogP contribution in [0.3, 0.4) is 0 Å². The molecule has 5 fully saturated rings. The van der Waals surface area contributed by atoms with Gasteiger partial charge in [0.2, 0.25) is 0 Å². The zero-order valence-electron chi connectivity index (χ0n) is 19.3. The van der Waals surface area contributed by atoms with E-state index in [-0.39, 0.29) is 30.2 Å². The topological polar surface area (TPSA) is 69.7 Å². The molecule has 3 aliphatic carbocycles. The molecule has 0 spiro atoms. The van der Waals surface area contributed by atoms with Gasteiger partial charge in [-0.15, -0.1) is 0 Å². The second-order valence-corrected chi connectivity index (χ2v) is 11.3. The van der Waals surface area contributed by atoms with E-state index in [1.807, 2.05) is 6.92 Å². The van der Waals surface area contributed by atoms with Crippen LogP contribution in [0.15, 0.2) is 0 Å². The van der Waals surface area contributed by atoms with Crippen molar-refractivity contribution < 1.29 is 14.4 Å². The lowest BCUT2D eigenvalue weighted by atomic mass is 9.73. The lowest BCUT2D eigenvalue weighted by Gasteiger charge is -2.39. The largest absolute Gasteiger partial charge is 0.327 e. The molecule has 5 aliphatic rings. The van der Waals surface area contributed by atoms with Crippen molar-refractivity contribution in [3.63, 3.8) is 0 Å². The maximum absolute atomic E-state index is 13.8. The third-order valence-electron chi connectivity index (χ3n) is 9.89. The molecule has 172 valence electrons. The molecule has 0 aromatic carbocycles. The number of Topliss-reactive ketones (excluding diaryl/α,β-unsaturated/α-hetero) is 1. The van der Waals surface area contributed by atoms with Gasteiger partial charge in [0, 0.05) is 7.05 Å². The summed E-state index contributed by atoms with van der Waals surface area (Å²) in [5.41, 5.74) is -1.34. The van der Waals surface area contributed by atoms with Crippen LogP contribution in [0.4, 0.5) is 4.79 Å². The highest BCUT2D eigenvalue weighted by Crippen LogP contribution is 2.55. The minimum Gasteiger partial charge on any atom is -0.313 e. The lowest BCUT2D eigenvalue weighted by Crippen LogP contribution is -2.57. The molecule has 1 N–H and O–H groups in total. The third-order valence-corrected chi connectivity index (χ3v) is 9.89. The summed E-state index contributed by atoms with van der Waals surface area (Å²) in [5.74, 6) is 1.73. The molecule has 3 saturated carbocycles. The average Bonchev–Trinajstić information content (AvgIpc) is 3.52. The molecule has 2 saturated heterocycles. The predicted molar refractivity (Wildman–Crippen MR) is 118 cm³/mol. The number of hydrogen-bond donors (Lipinski definition) is 1. The number of hydrogen-bond acceptors (Lipinski definition) is 4. The van der Waals surface area contributed by atoms with Crippen LogP contribution in [0.5, 0.6) is 0 Å². The fourth-order valence-electron chi connectivity index (χ4n) is 8.00. The lowest BCUT2D eigenvalue weighted by molar-refractivity contribution is -0.139. The Morgan fingerprint density at radius 1 is 1.03 bits per heavy atom. The van der Waals surface area contributed by atoms with Gasteiger partial charge < -0.3 is 10.2 Å². The fourth-order valence-corrected chi connectivity index (χ4v) is 8.00. The molecular formula is C25H39N3O3. The van der Waals surface area contributed by atoms with Crippen LogP contribution in [0, 0.1) is 23.7 Å². The Bertz CT molecular complexity index is 753. The molecule has 0 aromatic rings. The van der Waals surface area contributed by atoms with Crippen LogP contribution < -0.4 is 5.32 Å². The van der Waals surface area contributed by atoms with Gasteiger partial charge in [0.05, 0.1) is 12.1 Å². The number of likely N-dealkylation sites (N-methyl/N-ethyl adjacent to an activating group) is 1. The van der Waals surface area contributed by atoms with Crippen molar-refractivity contribution in [1.29, 1.82) is 0 Å². The summed E-state index contributed by atoms with van der Waals surface area (Å²) < 4.78 is 0. The first-order valence-corrected chi connectivity index (χ1v) is 12.8. The molecule has 5 atom stereocenters. The number of carbonyl (C=O) groups excluding carboxylic acids is 3. The molecule has 5 unspecified atom stereocenters. The number of urea groups is 1. The van der Waals surface area contributed by atoms with Crippen LogP contribution >= 0.6 is 0 Å². The van der Waals surface area contributed by atoms with Gasteiger partial charge in [0.25, 0.3) is 5.91 Å². The zero-order chi connectivity index (χ0) is 21.8. The molecule has 6 heteroatoms. The smallest absolute Gasteiger partial charge is 0.313 e. The zero-order valence-corrected chi connectivity index (χ0v) is 19.3. The van der Waals surface area contributed by atoms with Gasteiger partial charge >= 0.3 is 6.03 Å². The number of ketones is 1. The summed E-state index contributed by atoms with van der Waals surface area (Å²) in [6.07, 6.45) is 13.5. The van der Waals surface area contributed by atoms with Crippen molar-refractivity contribution >= 4 is 17.7 Å². The highest BCUT2D eigenvalue weighted by Gasteiger charge is 2.62. The van der Waals surface area contributed by atoms with Gasteiger partial charge in [-0.25, -0.2) is 4.79 Å². The Labute approximate surface area is 186 Å². The summed E-state index contributed by atoms with van der Waals surface area (Å²) in [6.45, 7) is 2.74. The molecule has 5 rings (SSSR count). The first-order valence-electron chi connectivity index (χ1n) is 12.8. The second-order valence-electron chi connectivity index (χ2n) is 11.3. The third kappa shape index (κ3) is 3.19. The number of imide groups is 1. The molecule has 31 heavy (non-hydrogen) atoms. The van der Waals surface area contributed by atoms with E-state index < -0.39 is 11.1 Å². The molecule has 0 radical (unpaired) electrons. The first-order chi connectivity index (χ1) is 14.9. The molecule has 2 heterocycles. The van der Waals surface area contributed by atoms with E-state index in [1.54, 1.807) is 11.9 Å². The number of amides is 3. The van der Waals surface area contributed by atoms with Crippen molar-refractivity contribution in [3.05, 3.63) is 0 Å². The summed E-state index contributed by atoms with van der Waals surface area (Å²) in [4.78, 5) is 43.7. The second kappa shape index (κ2) is 7.86. The van der Waals surface area contributed by atoms with Gasteiger partial charge in [0.15, 0.2) is 5.78 Å². The summed E-state index contributed by atoms with van der Waals surface area (Å²) in [5, 5.41) is 3.57. The molecule has 2 bridgehead atoms. The monoisotopic (exact) mass is 429 g/mol. The minimum atomic E-state index is -0.796. The van der Waals surface area contributed by atoms with Gasteiger partial charge in [-0.3, -0.25) is 14.5 Å². The quantitative estimate of drug-likeness (QED) is 0.534. The summed E-state index contributed by atoms with van der Waals surface area (Å²) in [7, 11) is 1.77. The Kier molecular flexibility index (Phi) is 5.43. The van der Waals surface area contributed by atoms with Crippen molar-refractivity contribution in [1.82, 2.24) is 15.1 Å². The van der Waals surface area contributed by atoms with Gasteiger partial charge in [0.1, 0.15) is 5.54 Å². The van der Waals surface area contributed by atoms with E-state index in [0.29, 0.717) is 17.8 Å². The van der Waals surface area contributed by atoms with E-state index in [1.165, 1.54) is 49.8 Å². The predicted octanol–water partition coefficient (Wildman–Crippen LogP) is 3.74. The highest BCUT2D eigenvalue weighted by atomic mass is 16.2. The number of carbonyl (C=O) groups is 3. The fraction of sp³-hybridized carbons (Fsp3) is 0.880. The van der Waals surface area contributed by atoms with E-state index in [9.17, 15) is 14.4 Å². The number of nitrogens with one attached hydrogen (secondary N) is 1.